The summed E-state index contributed by atoms with van der Waals surface area (Å²) in [7, 11) is 1.65. The Balaban J connectivity index is 2.26. The minimum absolute atomic E-state index is 0.152. The number of ketones is 1. The van der Waals surface area contributed by atoms with Crippen LogP contribution in [0.4, 0.5) is 0 Å². The first kappa shape index (κ1) is 10.2. The maximum Gasteiger partial charge on any atom is 0.143 e. The van der Waals surface area contributed by atoms with Gasteiger partial charge in [0.15, 0.2) is 0 Å². The molecule has 1 aromatic rings. The Labute approximate surface area is 90.3 Å². The number of Topliss-reactive ketones (excluding diaryl/α,β-unsaturated/α-hetero) is 1. The molecule has 2 heteroatoms. The Morgan fingerprint density at radius 3 is 2.33 bits per heavy atom. The lowest BCUT2D eigenvalue weighted by Gasteiger charge is -2.13. The zero-order chi connectivity index (χ0) is 10.9. The van der Waals surface area contributed by atoms with Crippen LogP contribution in [0, 0.1) is 0 Å². The van der Waals surface area contributed by atoms with Crippen molar-refractivity contribution >= 4 is 5.78 Å². The van der Waals surface area contributed by atoms with Gasteiger partial charge in [-0.3, -0.25) is 4.79 Å². The summed E-state index contributed by atoms with van der Waals surface area (Å²) in [6, 6.07) is 7.88. The van der Waals surface area contributed by atoms with Crippen molar-refractivity contribution in [3.05, 3.63) is 29.8 Å². The molecule has 0 radical (unpaired) electrons. The first-order valence-corrected chi connectivity index (χ1v) is 5.41. The Bertz CT molecular complexity index is 361. The van der Waals surface area contributed by atoms with Gasteiger partial charge >= 0.3 is 0 Å². The number of rotatable bonds is 4. The van der Waals surface area contributed by atoms with E-state index in [-0.39, 0.29) is 5.41 Å². The molecular weight excluding hydrogens is 188 g/mol. The highest BCUT2D eigenvalue weighted by molar-refractivity contribution is 5.92. The molecule has 0 spiro atoms. The second kappa shape index (κ2) is 3.69. The van der Waals surface area contributed by atoms with Crippen LogP contribution >= 0.6 is 0 Å². The van der Waals surface area contributed by atoms with Crippen molar-refractivity contribution in [1.82, 2.24) is 0 Å². The third kappa shape index (κ3) is 1.65. The highest BCUT2D eigenvalue weighted by Gasteiger charge is 2.49. The lowest BCUT2D eigenvalue weighted by atomic mass is 9.90. The normalized spacial score (nSPS) is 17.2. The zero-order valence-electron chi connectivity index (χ0n) is 9.25. The summed E-state index contributed by atoms with van der Waals surface area (Å²) >= 11 is 0. The predicted molar refractivity (Wildman–Crippen MR) is 59.2 cm³/mol. The van der Waals surface area contributed by atoms with E-state index in [1.807, 2.05) is 31.2 Å². The van der Waals surface area contributed by atoms with Crippen molar-refractivity contribution in [1.29, 1.82) is 0 Å². The Kier molecular flexibility index (Phi) is 2.51. The van der Waals surface area contributed by atoms with Crippen LogP contribution in [0.15, 0.2) is 24.3 Å². The Morgan fingerprint density at radius 2 is 1.93 bits per heavy atom. The van der Waals surface area contributed by atoms with Crippen molar-refractivity contribution in [3.8, 4) is 5.75 Å². The minimum Gasteiger partial charge on any atom is -0.497 e. The van der Waals surface area contributed by atoms with Crippen molar-refractivity contribution in [3.63, 3.8) is 0 Å². The second-order valence-corrected chi connectivity index (χ2v) is 4.09. The summed E-state index contributed by atoms with van der Waals surface area (Å²) in [6.07, 6.45) is 2.64. The first-order valence-electron chi connectivity index (χ1n) is 5.41. The standard InChI is InChI=1S/C13H16O2/c1-3-12(14)13(8-9-13)10-4-6-11(15-2)7-5-10/h4-7H,3,8-9H2,1-2H3. The third-order valence-corrected chi connectivity index (χ3v) is 3.25. The number of hydrogen-bond donors (Lipinski definition) is 0. The van der Waals surface area contributed by atoms with Gasteiger partial charge in [0, 0.05) is 6.42 Å². The van der Waals surface area contributed by atoms with E-state index in [0.717, 1.165) is 24.2 Å². The largest absolute Gasteiger partial charge is 0.497 e. The van der Waals surface area contributed by atoms with Gasteiger partial charge in [-0.1, -0.05) is 19.1 Å². The molecule has 1 aliphatic carbocycles. The maximum absolute atomic E-state index is 11.8. The minimum atomic E-state index is -0.152. The molecule has 1 fully saturated rings. The van der Waals surface area contributed by atoms with E-state index in [1.54, 1.807) is 7.11 Å². The maximum atomic E-state index is 11.8. The molecular formula is C13H16O2. The van der Waals surface area contributed by atoms with Crippen molar-refractivity contribution < 1.29 is 9.53 Å². The van der Waals surface area contributed by atoms with Gasteiger partial charge in [0.1, 0.15) is 11.5 Å². The van der Waals surface area contributed by atoms with Crippen LogP contribution < -0.4 is 4.74 Å². The molecule has 0 atom stereocenters. The van der Waals surface area contributed by atoms with Crippen molar-refractivity contribution in [2.24, 2.45) is 0 Å². The average molecular weight is 204 g/mol. The fourth-order valence-electron chi connectivity index (χ4n) is 2.10. The molecule has 0 aliphatic heterocycles. The molecule has 15 heavy (non-hydrogen) atoms. The molecule has 0 saturated heterocycles. The molecule has 1 aromatic carbocycles. The van der Waals surface area contributed by atoms with Gasteiger partial charge in [0.05, 0.1) is 12.5 Å². The van der Waals surface area contributed by atoms with Crippen LogP contribution in [0.25, 0.3) is 0 Å². The third-order valence-electron chi connectivity index (χ3n) is 3.25. The quantitative estimate of drug-likeness (QED) is 0.753. The van der Waals surface area contributed by atoms with Gasteiger partial charge in [-0.25, -0.2) is 0 Å². The topological polar surface area (TPSA) is 26.3 Å². The zero-order valence-corrected chi connectivity index (χ0v) is 9.25. The SMILES string of the molecule is CCC(=O)C1(c2ccc(OC)cc2)CC1. The number of carbonyl (C=O) groups excluding carboxylic acids is 1. The monoisotopic (exact) mass is 204 g/mol. The molecule has 0 aromatic heterocycles. The van der Waals surface area contributed by atoms with Crippen LogP contribution in [0.5, 0.6) is 5.75 Å². The van der Waals surface area contributed by atoms with E-state index in [0.29, 0.717) is 12.2 Å². The van der Waals surface area contributed by atoms with E-state index in [4.69, 9.17) is 4.74 Å². The molecule has 2 nitrogen and oxygen atoms in total. The molecule has 0 amide bonds. The number of ether oxygens (including phenoxy) is 1. The lowest BCUT2D eigenvalue weighted by Crippen LogP contribution is -2.19. The van der Waals surface area contributed by atoms with E-state index in [2.05, 4.69) is 0 Å². The van der Waals surface area contributed by atoms with Gasteiger partial charge in [-0.2, -0.15) is 0 Å². The van der Waals surface area contributed by atoms with Crippen LogP contribution in [0.1, 0.15) is 31.7 Å². The summed E-state index contributed by atoms with van der Waals surface area (Å²) in [5.41, 5.74) is 0.997. The molecule has 1 saturated carbocycles. The van der Waals surface area contributed by atoms with Gasteiger partial charge in [0.2, 0.25) is 0 Å². The summed E-state index contributed by atoms with van der Waals surface area (Å²) in [4.78, 5) is 11.8. The summed E-state index contributed by atoms with van der Waals surface area (Å²) in [5.74, 6) is 1.21. The van der Waals surface area contributed by atoms with E-state index in [1.165, 1.54) is 0 Å². The molecule has 2 rings (SSSR count). The van der Waals surface area contributed by atoms with Gasteiger partial charge < -0.3 is 4.74 Å². The Morgan fingerprint density at radius 1 is 1.33 bits per heavy atom. The van der Waals surface area contributed by atoms with Crippen molar-refractivity contribution in [2.45, 2.75) is 31.6 Å². The number of hydrogen-bond acceptors (Lipinski definition) is 2. The summed E-state index contributed by atoms with van der Waals surface area (Å²) < 4.78 is 5.10. The average Bonchev–Trinajstić information content (AvgIpc) is 3.09. The number of methoxy groups -OCH3 is 1. The summed E-state index contributed by atoms with van der Waals surface area (Å²) in [5, 5.41) is 0. The molecule has 0 unspecified atom stereocenters. The molecule has 80 valence electrons. The first-order chi connectivity index (χ1) is 7.23. The fourth-order valence-corrected chi connectivity index (χ4v) is 2.10. The fraction of sp³-hybridized carbons (Fsp3) is 0.462. The van der Waals surface area contributed by atoms with Crippen LogP contribution in [0.2, 0.25) is 0 Å². The van der Waals surface area contributed by atoms with Crippen LogP contribution in [-0.2, 0) is 10.2 Å². The summed E-state index contributed by atoms with van der Waals surface area (Å²) in [6.45, 7) is 1.94. The van der Waals surface area contributed by atoms with E-state index in [9.17, 15) is 4.79 Å². The highest BCUT2D eigenvalue weighted by atomic mass is 16.5. The van der Waals surface area contributed by atoms with Gasteiger partial charge in [-0.05, 0) is 30.5 Å². The smallest absolute Gasteiger partial charge is 0.143 e. The van der Waals surface area contributed by atoms with Gasteiger partial charge in [-0.15, -0.1) is 0 Å². The Hall–Kier alpha value is -1.31. The molecule has 0 bridgehead atoms. The van der Waals surface area contributed by atoms with Crippen LogP contribution in [-0.4, -0.2) is 12.9 Å². The molecule has 0 N–H and O–H groups in total. The lowest BCUT2D eigenvalue weighted by molar-refractivity contribution is -0.121. The molecule has 1 aliphatic rings. The number of benzene rings is 1. The van der Waals surface area contributed by atoms with E-state index < -0.39 is 0 Å². The van der Waals surface area contributed by atoms with E-state index >= 15 is 0 Å². The molecule has 0 heterocycles. The van der Waals surface area contributed by atoms with Gasteiger partial charge in [0.25, 0.3) is 0 Å². The predicted octanol–water partition coefficient (Wildman–Crippen LogP) is 2.71. The highest BCUT2D eigenvalue weighted by Crippen LogP contribution is 2.49. The number of carbonyl (C=O) groups is 1. The second-order valence-electron chi connectivity index (χ2n) is 4.09. The van der Waals surface area contributed by atoms with Crippen molar-refractivity contribution in [2.75, 3.05) is 7.11 Å². The van der Waals surface area contributed by atoms with Crippen LogP contribution in [0.3, 0.4) is 0 Å².